The van der Waals surface area contributed by atoms with Crippen LogP contribution in [0.1, 0.15) is 60.8 Å². The summed E-state index contributed by atoms with van der Waals surface area (Å²) in [7, 11) is 0. The van der Waals surface area contributed by atoms with E-state index in [9.17, 15) is 0 Å². The number of allylic oxidation sites excluding steroid dienone is 5. The Bertz CT molecular complexity index is 1850. The van der Waals surface area contributed by atoms with E-state index in [1.807, 2.05) is 0 Å². The molecule has 1 radical (unpaired) electrons. The molecule has 5 aromatic rings. The van der Waals surface area contributed by atoms with Crippen LogP contribution in [0.15, 0.2) is 127 Å². The third kappa shape index (κ3) is 4.78. The van der Waals surface area contributed by atoms with Crippen LogP contribution in [-0.4, -0.2) is 0 Å². The van der Waals surface area contributed by atoms with Crippen LogP contribution in [0, 0.1) is 17.8 Å². The van der Waals surface area contributed by atoms with E-state index >= 15 is 0 Å². The van der Waals surface area contributed by atoms with Gasteiger partial charge in [-0.25, -0.2) is 0 Å². The Morgan fingerprint density at radius 3 is 1.95 bits per heavy atom. The smallest absolute Gasteiger partial charge is 1.00 e. The topological polar surface area (TPSA) is 0 Å². The van der Waals surface area contributed by atoms with Crippen LogP contribution < -0.4 is 24.8 Å². The summed E-state index contributed by atoms with van der Waals surface area (Å²) in [5.41, 5.74) is 10.7. The first-order chi connectivity index (χ1) is 20.3. The Hall–Kier alpha value is -2.57. The molecule has 2 atom stereocenters. The summed E-state index contributed by atoms with van der Waals surface area (Å²) in [6.45, 7) is 0. The van der Waals surface area contributed by atoms with Crippen molar-refractivity contribution in [2.75, 3.05) is 0 Å². The Labute approximate surface area is 292 Å². The summed E-state index contributed by atoms with van der Waals surface area (Å²) in [4.78, 5) is 0. The zero-order valence-corrected chi connectivity index (χ0v) is 28.7. The Balaban J connectivity index is 0.00000114. The van der Waals surface area contributed by atoms with E-state index in [1.165, 1.54) is 81.5 Å². The van der Waals surface area contributed by atoms with Gasteiger partial charge in [0.1, 0.15) is 0 Å². The minimum absolute atomic E-state index is 0. The second kappa shape index (κ2) is 12.3. The average Bonchev–Trinajstić information content (AvgIpc) is 3.67. The predicted molar refractivity (Wildman–Crippen MR) is 173 cm³/mol. The van der Waals surface area contributed by atoms with E-state index in [-0.39, 0.29) is 56.4 Å². The zero-order chi connectivity index (χ0) is 27.0. The van der Waals surface area contributed by atoms with Crippen LogP contribution in [0.4, 0.5) is 0 Å². The molecule has 0 amide bonds. The molecule has 10 rings (SSSR count). The summed E-state index contributed by atoms with van der Waals surface area (Å²) >= 11 is 0. The van der Waals surface area contributed by atoms with Gasteiger partial charge in [-0.1, -0.05) is 126 Å². The van der Waals surface area contributed by atoms with Crippen LogP contribution in [-0.2, 0) is 31.6 Å². The molecule has 4 bridgehead atoms. The number of rotatable bonds is 4. The summed E-state index contributed by atoms with van der Waals surface area (Å²) in [6, 6.07) is 39.1. The maximum atomic E-state index is 2.57. The second-order valence-corrected chi connectivity index (χ2v) is 13.2. The first-order valence-corrected chi connectivity index (χ1v) is 15.6. The summed E-state index contributed by atoms with van der Waals surface area (Å²) < 4.78 is 0. The van der Waals surface area contributed by atoms with Crippen LogP contribution in [0.5, 0.6) is 0 Å². The third-order valence-corrected chi connectivity index (χ3v) is 10.9. The molecule has 0 spiro atoms. The molecule has 5 aliphatic rings. The maximum absolute atomic E-state index is 2.57. The molecule has 0 aromatic heterocycles. The fraction of sp³-hybridized carbons (Fsp3) is 0.244. The van der Waals surface area contributed by atoms with Crippen LogP contribution in [0.3, 0.4) is 0 Å². The number of fused-ring (bicyclic) bond motifs is 3. The molecule has 0 aliphatic heterocycles. The van der Waals surface area contributed by atoms with E-state index in [1.54, 1.807) is 11.1 Å². The van der Waals surface area contributed by atoms with Crippen molar-refractivity contribution >= 4 is 32.7 Å². The quantitative estimate of drug-likeness (QED) is 0.242. The van der Waals surface area contributed by atoms with Gasteiger partial charge < -0.3 is 24.8 Å². The Morgan fingerprint density at radius 2 is 1.32 bits per heavy atom. The van der Waals surface area contributed by atoms with Crippen molar-refractivity contribution in [1.82, 2.24) is 0 Å². The van der Waals surface area contributed by atoms with Crippen molar-refractivity contribution in [3.05, 3.63) is 149 Å². The van der Waals surface area contributed by atoms with E-state index < -0.39 is 0 Å². The molecule has 2 unspecified atom stereocenters. The predicted octanol–water partition coefficient (Wildman–Crippen LogP) is 4.64. The monoisotopic (exact) mass is 687 g/mol. The van der Waals surface area contributed by atoms with Crippen molar-refractivity contribution in [3.8, 4) is 0 Å². The van der Waals surface area contributed by atoms with Gasteiger partial charge in [-0.15, -0.1) is 33.7 Å². The fourth-order valence-corrected chi connectivity index (χ4v) is 9.71. The van der Waals surface area contributed by atoms with Crippen molar-refractivity contribution in [2.45, 2.75) is 43.9 Å². The molecular formula is C41H35Cl2Zr. The molecule has 5 aliphatic carbocycles. The van der Waals surface area contributed by atoms with Crippen molar-refractivity contribution in [1.29, 1.82) is 0 Å². The van der Waals surface area contributed by atoms with Gasteiger partial charge in [0, 0.05) is 5.41 Å². The molecule has 0 N–H and O–H groups in total. The molecule has 0 nitrogen and oxygen atoms in total. The van der Waals surface area contributed by atoms with Crippen LogP contribution in [0.25, 0.3) is 32.7 Å². The molecule has 44 heavy (non-hydrogen) atoms. The first-order valence-electron chi connectivity index (χ1n) is 15.6. The van der Waals surface area contributed by atoms with Crippen molar-refractivity contribution in [3.63, 3.8) is 0 Å². The molecule has 4 saturated carbocycles. The number of halogens is 2. The van der Waals surface area contributed by atoms with Crippen LogP contribution >= 0.6 is 0 Å². The van der Waals surface area contributed by atoms with Gasteiger partial charge in [-0.2, -0.15) is 0 Å². The number of hydrogen-bond acceptors (Lipinski definition) is 0. The number of hydrogen-bond donors (Lipinski definition) is 0. The third-order valence-electron chi connectivity index (χ3n) is 10.9. The van der Waals surface area contributed by atoms with Gasteiger partial charge in [-0.05, 0) is 78.6 Å². The summed E-state index contributed by atoms with van der Waals surface area (Å²) in [5, 5.41) is 5.61. The van der Waals surface area contributed by atoms with Gasteiger partial charge in [0.05, 0.1) is 0 Å². The molecule has 3 heteroatoms. The summed E-state index contributed by atoms with van der Waals surface area (Å²) in [6.07, 6.45) is 14.8. The van der Waals surface area contributed by atoms with Crippen molar-refractivity contribution < 1.29 is 51.0 Å². The largest absolute Gasteiger partial charge is 3.00 e. The molecule has 0 heterocycles. The van der Waals surface area contributed by atoms with Gasteiger partial charge in [0.25, 0.3) is 0 Å². The number of benzene rings is 4. The van der Waals surface area contributed by atoms with Crippen molar-refractivity contribution in [2.24, 2.45) is 17.8 Å². The van der Waals surface area contributed by atoms with Gasteiger partial charge in [0.15, 0.2) is 0 Å². The Kier molecular flexibility index (Phi) is 8.80. The molecular weight excluding hydrogens is 655 g/mol. The maximum Gasteiger partial charge on any atom is 3.00 e. The standard InChI is InChI=1S/C41H35.2ClH.Zr/c1-3-11-29(12-4-1)38(30-13-5-2-6-14-30)40-33-22-27-21-28(23-33)26-41(40,25-27)37-20-19-35-34-18-10-9-17-32(34)24-36(35)39(37)31-15-7-8-16-31;;;/h1-15,17-20,24,27-28,33H,16,21-23,25-26H2;2*1H;/q-1;;;+3/p-2. The summed E-state index contributed by atoms with van der Waals surface area (Å²) in [5.74, 6) is 2.33. The molecule has 0 saturated heterocycles. The van der Waals surface area contributed by atoms with E-state index in [0.717, 1.165) is 18.3 Å². The van der Waals surface area contributed by atoms with Gasteiger partial charge >= 0.3 is 26.2 Å². The van der Waals surface area contributed by atoms with Gasteiger partial charge in [-0.3, -0.25) is 0 Å². The van der Waals surface area contributed by atoms with Gasteiger partial charge in [0.2, 0.25) is 0 Å². The minimum Gasteiger partial charge on any atom is -1.00 e. The minimum atomic E-state index is 0. The molecule has 4 fully saturated rings. The molecule has 217 valence electrons. The van der Waals surface area contributed by atoms with E-state index in [0.29, 0.717) is 5.92 Å². The fourth-order valence-electron chi connectivity index (χ4n) is 9.71. The van der Waals surface area contributed by atoms with E-state index in [2.05, 4.69) is 121 Å². The SMILES string of the molecule is C1=CCC(c2c(C34CC5CC(CC(C5)C3=C(c3ccccc3)c3ccccc3)C4)ccc3c2[cH-]c2ccccc23)=C1.[Cl-].[Cl-].[Zr+3]. The van der Waals surface area contributed by atoms with E-state index in [4.69, 9.17) is 0 Å². The second-order valence-electron chi connectivity index (χ2n) is 13.2. The normalized spacial score (nSPS) is 24.5. The first kappa shape index (κ1) is 31.4. The van der Waals surface area contributed by atoms with Crippen LogP contribution in [0.2, 0.25) is 0 Å². The Morgan fingerprint density at radius 1 is 0.682 bits per heavy atom. The average molecular weight is 690 g/mol. The zero-order valence-electron chi connectivity index (χ0n) is 24.8. The molecule has 5 aromatic carbocycles.